The zero-order valence-electron chi connectivity index (χ0n) is 19.7. The lowest BCUT2D eigenvalue weighted by atomic mass is 9.98. The van der Waals surface area contributed by atoms with Crippen LogP contribution in [0.15, 0.2) is 48.5 Å². The number of hydrogen-bond acceptors (Lipinski definition) is 6. The lowest BCUT2D eigenvalue weighted by Crippen LogP contribution is -2.44. The van der Waals surface area contributed by atoms with Gasteiger partial charge in [0.2, 0.25) is 0 Å². The van der Waals surface area contributed by atoms with Crippen molar-refractivity contribution < 1.29 is 24.2 Å². The molecule has 0 fully saturated rings. The number of thiazole rings is 1. The standard InChI is InChI=1S/C26H27N3O5S/c1-4-14(2)21(24(31)32)28-23(30)22-15(3)27-25(35-22)29-26(33)34-13-20-18-11-7-5-9-16(18)17-10-6-8-12-19(17)20/h5-12,14,20-21H,4,13H2,1-3H3,(H,28,30)(H,31,32)(H,27,29,33). The van der Waals surface area contributed by atoms with Gasteiger partial charge < -0.3 is 15.2 Å². The van der Waals surface area contributed by atoms with Crippen molar-refractivity contribution in [3.05, 3.63) is 70.2 Å². The van der Waals surface area contributed by atoms with E-state index in [0.29, 0.717) is 12.1 Å². The van der Waals surface area contributed by atoms with Gasteiger partial charge in [0.05, 0.1) is 5.69 Å². The fraction of sp³-hybridized carbons (Fsp3) is 0.308. The predicted molar refractivity (Wildman–Crippen MR) is 134 cm³/mol. The molecule has 3 N–H and O–H groups in total. The number of fused-ring (bicyclic) bond motifs is 3. The highest BCUT2D eigenvalue weighted by molar-refractivity contribution is 7.17. The first kappa shape index (κ1) is 24.4. The Labute approximate surface area is 207 Å². The van der Waals surface area contributed by atoms with E-state index in [4.69, 9.17) is 4.74 Å². The summed E-state index contributed by atoms with van der Waals surface area (Å²) in [5.41, 5.74) is 4.90. The SMILES string of the molecule is CCC(C)C(NC(=O)c1sc(NC(=O)OCC2c3ccccc3-c3ccccc32)nc1C)C(=O)O. The first-order chi connectivity index (χ1) is 16.8. The topological polar surface area (TPSA) is 118 Å². The normalized spacial score (nSPS) is 13.9. The summed E-state index contributed by atoms with van der Waals surface area (Å²) in [4.78, 5) is 41.2. The summed E-state index contributed by atoms with van der Waals surface area (Å²) < 4.78 is 5.53. The molecule has 0 saturated carbocycles. The van der Waals surface area contributed by atoms with E-state index < -0.39 is 24.0 Å². The first-order valence-corrected chi connectivity index (χ1v) is 12.2. The average molecular weight is 494 g/mol. The van der Waals surface area contributed by atoms with Crippen molar-refractivity contribution in [2.75, 3.05) is 11.9 Å². The van der Waals surface area contributed by atoms with Crippen LogP contribution in [0, 0.1) is 12.8 Å². The molecule has 1 heterocycles. The average Bonchev–Trinajstić information content (AvgIpc) is 3.37. The van der Waals surface area contributed by atoms with Crippen LogP contribution in [0.1, 0.15) is 52.7 Å². The number of ether oxygens (including phenoxy) is 1. The molecule has 4 rings (SSSR count). The fourth-order valence-electron chi connectivity index (χ4n) is 4.27. The molecule has 0 bridgehead atoms. The lowest BCUT2D eigenvalue weighted by molar-refractivity contribution is -0.140. The molecular weight excluding hydrogens is 466 g/mol. The van der Waals surface area contributed by atoms with Crippen molar-refractivity contribution in [1.82, 2.24) is 10.3 Å². The van der Waals surface area contributed by atoms with Gasteiger partial charge in [-0.15, -0.1) is 0 Å². The molecule has 2 unspecified atom stereocenters. The molecule has 9 heteroatoms. The van der Waals surface area contributed by atoms with Crippen molar-refractivity contribution in [3.8, 4) is 11.1 Å². The quantitative estimate of drug-likeness (QED) is 0.405. The van der Waals surface area contributed by atoms with Crippen molar-refractivity contribution in [3.63, 3.8) is 0 Å². The minimum atomic E-state index is -1.09. The van der Waals surface area contributed by atoms with E-state index in [1.54, 1.807) is 13.8 Å². The molecule has 1 aliphatic carbocycles. The van der Waals surface area contributed by atoms with Crippen molar-refractivity contribution in [1.29, 1.82) is 0 Å². The van der Waals surface area contributed by atoms with Crippen LogP contribution in [0.4, 0.5) is 9.93 Å². The maximum absolute atomic E-state index is 12.7. The van der Waals surface area contributed by atoms with Gasteiger partial charge in [-0.05, 0) is 35.1 Å². The number of aryl methyl sites for hydroxylation is 1. The summed E-state index contributed by atoms with van der Waals surface area (Å²) in [7, 11) is 0. The zero-order chi connectivity index (χ0) is 25.1. The molecule has 0 saturated heterocycles. The number of nitrogens with zero attached hydrogens (tertiary/aromatic N) is 1. The molecule has 3 aromatic rings. The number of aliphatic carboxylic acids is 1. The van der Waals surface area contributed by atoms with Gasteiger partial charge in [0.25, 0.3) is 5.91 Å². The third kappa shape index (κ3) is 5.05. The Bertz CT molecular complexity index is 1230. The molecule has 2 aromatic carbocycles. The molecule has 0 spiro atoms. The largest absolute Gasteiger partial charge is 0.480 e. The number of anilines is 1. The van der Waals surface area contributed by atoms with Gasteiger partial charge in [0, 0.05) is 5.92 Å². The van der Waals surface area contributed by atoms with Gasteiger partial charge in [-0.25, -0.2) is 14.6 Å². The third-order valence-corrected chi connectivity index (χ3v) is 7.39. The number of carboxylic acids is 1. The van der Waals surface area contributed by atoms with Crippen LogP contribution in [0.2, 0.25) is 0 Å². The Morgan fingerprint density at radius 1 is 1.09 bits per heavy atom. The number of benzene rings is 2. The molecule has 1 aliphatic rings. The highest BCUT2D eigenvalue weighted by Crippen LogP contribution is 2.44. The second kappa shape index (κ2) is 10.3. The van der Waals surface area contributed by atoms with Crippen LogP contribution >= 0.6 is 11.3 Å². The number of nitrogens with one attached hydrogen (secondary N) is 2. The smallest absolute Gasteiger partial charge is 0.413 e. The Hall–Kier alpha value is -3.72. The van der Waals surface area contributed by atoms with Gasteiger partial charge >= 0.3 is 12.1 Å². The fourth-order valence-corrected chi connectivity index (χ4v) is 5.13. The summed E-state index contributed by atoms with van der Waals surface area (Å²) in [5, 5.41) is 14.8. The van der Waals surface area contributed by atoms with Crippen LogP contribution in [0.25, 0.3) is 11.1 Å². The zero-order valence-corrected chi connectivity index (χ0v) is 20.5. The summed E-state index contributed by atoms with van der Waals surface area (Å²) in [6.45, 7) is 5.42. The molecule has 8 nitrogen and oxygen atoms in total. The van der Waals surface area contributed by atoms with Crippen molar-refractivity contribution in [2.24, 2.45) is 5.92 Å². The molecule has 182 valence electrons. The number of carboxylic acid groups (broad SMARTS) is 1. The van der Waals surface area contributed by atoms with Crippen LogP contribution < -0.4 is 10.6 Å². The van der Waals surface area contributed by atoms with Gasteiger partial charge in [-0.2, -0.15) is 0 Å². The second-order valence-electron chi connectivity index (χ2n) is 8.56. The van der Waals surface area contributed by atoms with E-state index in [0.717, 1.165) is 33.6 Å². The number of carbonyl (C=O) groups excluding carboxylic acids is 2. The highest BCUT2D eigenvalue weighted by Gasteiger charge is 2.30. The van der Waals surface area contributed by atoms with Gasteiger partial charge in [-0.1, -0.05) is 80.1 Å². The molecule has 1 aromatic heterocycles. The van der Waals surface area contributed by atoms with E-state index >= 15 is 0 Å². The minimum Gasteiger partial charge on any atom is -0.480 e. The van der Waals surface area contributed by atoms with E-state index in [1.165, 1.54) is 0 Å². The minimum absolute atomic E-state index is 0.0685. The maximum atomic E-state index is 12.7. The molecule has 0 aliphatic heterocycles. The van der Waals surface area contributed by atoms with Crippen LogP contribution in [0.3, 0.4) is 0 Å². The molecule has 35 heavy (non-hydrogen) atoms. The number of rotatable bonds is 8. The van der Waals surface area contributed by atoms with Crippen molar-refractivity contribution in [2.45, 2.75) is 39.2 Å². The van der Waals surface area contributed by atoms with E-state index in [9.17, 15) is 19.5 Å². The molecule has 0 radical (unpaired) electrons. The summed E-state index contributed by atoms with van der Waals surface area (Å²) in [6, 6.07) is 15.1. The Balaban J connectivity index is 1.41. The predicted octanol–water partition coefficient (Wildman–Crippen LogP) is 5.04. The van der Waals surface area contributed by atoms with Gasteiger partial charge in [-0.3, -0.25) is 10.1 Å². The summed E-state index contributed by atoms with van der Waals surface area (Å²) in [6.07, 6.45) is -0.0661. The number of hydrogen-bond donors (Lipinski definition) is 3. The van der Waals surface area contributed by atoms with Gasteiger partial charge in [0.15, 0.2) is 5.13 Å². The van der Waals surface area contributed by atoms with Crippen LogP contribution in [-0.2, 0) is 9.53 Å². The maximum Gasteiger partial charge on any atom is 0.413 e. The Morgan fingerprint density at radius 3 is 2.26 bits per heavy atom. The van der Waals surface area contributed by atoms with E-state index in [1.807, 2.05) is 43.3 Å². The molecule has 2 amide bonds. The highest BCUT2D eigenvalue weighted by atomic mass is 32.1. The Kier molecular flexibility index (Phi) is 7.16. The third-order valence-electron chi connectivity index (χ3n) is 6.32. The second-order valence-corrected chi connectivity index (χ2v) is 9.56. The Morgan fingerprint density at radius 2 is 1.69 bits per heavy atom. The summed E-state index contributed by atoms with van der Waals surface area (Å²) >= 11 is 0.976. The van der Waals surface area contributed by atoms with Crippen LogP contribution in [0.5, 0.6) is 0 Å². The number of carbonyl (C=O) groups is 3. The van der Waals surface area contributed by atoms with Gasteiger partial charge in [0.1, 0.15) is 17.5 Å². The van der Waals surface area contributed by atoms with E-state index in [2.05, 4.69) is 27.8 Å². The van der Waals surface area contributed by atoms with Crippen LogP contribution in [-0.4, -0.2) is 40.7 Å². The monoisotopic (exact) mass is 493 g/mol. The molecule has 2 atom stereocenters. The van der Waals surface area contributed by atoms with Crippen molar-refractivity contribution >= 4 is 34.4 Å². The summed E-state index contributed by atoms with van der Waals surface area (Å²) in [5.74, 6) is -1.93. The molecular formula is C26H27N3O5S. The lowest BCUT2D eigenvalue weighted by Gasteiger charge is -2.19. The first-order valence-electron chi connectivity index (χ1n) is 11.4. The number of amides is 2. The number of aromatic nitrogens is 1. The van der Waals surface area contributed by atoms with E-state index in [-0.39, 0.29) is 28.5 Å².